The number of benzene rings is 5. The number of fused-ring (bicyclic) bond motifs is 3. The fourth-order valence-electron chi connectivity index (χ4n) is 6.07. The minimum Gasteiger partial charge on any atom is -0.309 e. The average Bonchev–Trinajstić information content (AvgIpc) is 3.41. The minimum absolute atomic E-state index is 0.614. The number of nitrogens with zero attached hydrogens (tertiary/aromatic N) is 5. The number of rotatable bonds is 5. The Bertz CT molecular complexity index is 2210. The summed E-state index contributed by atoms with van der Waals surface area (Å²) in [7, 11) is 0. The van der Waals surface area contributed by atoms with Crippen LogP contribution in [0.4, 0.5) is 0 Å². The van der Waals surface area contributed by atoms with E-state index in [1.165, 1.54) is 21.9 Å². The highest BCUT2D eigenvalue weighted by atomic mass is 15.1. The monoisotopic (exact) mass is 579 g/mol. The largest absolute Gasteiger partial charge is 0.309 e. The van der Waals surface area contributed by atoms with Gasteiger partial charge in [-0.1, -0.05) is 90.0 Å². The topological polar surface area (TPSA) is 56.5 Å². The zero-order chi connectivity index (χ0) is 30.3. The minimum atomic E-state index is 0.614. The van der Waals surface area contributed by atoms with Crippen molar-refractivity contribution in [2.45, 2.75) is 13.8 Å². The third-order valence-corrected chi connectivity index (χ3v) is 8.27. The molecule has 0 aliphatic heterocycles. The van der Waals surface area contributed by atoms with E-state index in [1.54, 1.807) is 0 Å². The summed E-state index contributed by atoms with van der Waals surface area (Å²) >= 11 is 0. The molecule has 3 heterocycles. The van der Waals surface area contributed by atoms with Crippen LogP contribution in [0, 0.1) is 13.8 Å². The van der Waals surface area contributed by atoms with Gasteiger partial charge in [-0.05, 0) is 73.5 Å². The lowest BCUT2D eigenvalue weighted by Gasteiger charge is -2.16. The van der Waals surface area contributed by atoms with Crippen molar-refractivity contribution >= 4 is 21.8 Å². The van der Waals surface area contributed by atoms with Crippen LogP contribution in [0.1, 0.15) is 11.1 Å². The molecule has 0 spiro atoms. The molecule has 3 aromatic heterocycles. The highest BCUT2D eigenvalue weighted by Gasteiger charge is 2.20. The normalized spacial score (nSPS) is 11.3. The maximum absolute atomic E-state index is 5.15. The number of aromatic nitrogens is 5. The third-order valence-electron chi connectivity index (χ3n) is 8.27. The van der Waals surface area contributed by atoms with Crippen LogP contribution in [0.2, 0.25) is 0 Å². The number of aryl methyl sites for hydroxylation is 2. The standard InChI is InChI=1S/C40H29N5/c1-26-13-16-35-32(23-26)33-24-27(2)14-17-36(33)45(35)37-18-15-31(28-19-21-41-22-20-28)25-34(37)40-43-38(29-9-5-3-6-10-29)42-39(44-40)30-11-7-4-8-12-30/h3-25H,1-2H3. The Balaban J connectivity index is 1.46. The first-order chi connectivity index (χ1) is 22.1. The fraction of sp³-hybridized carbons (Fsp3) is 0.0500. The van der Waals surface area contributed by atoms with E-state index in [0.29, 0.717) is 17.5 Å². The lowest BCUT2D eigenvalue weighted by molar-refractivity contribution is 1.06. The summed E-state index contributed by atoms with van der Waals surface area (Å²) in [5, 5.41) is 2.45. The second-order valence-corrected chi connectivity index (χ2v) is 11.4. The predicted octanol–water partition coefficient (Wildman–Crippen LogP) is 9.65. The third kappa shape index (κ3) is 4.85. The Morgan fingerprint density at radius 3 is 1.53 bits per heavy atom. The summed E-state index contributed by atoms with van der Waals surface area (Å²) < 4.78 is 2.35. The van der Waals surface area contributed by atoms with E-state index >= 15 is 0 Å². The number of hydrogen-bond acceptors (Lipinski definition) is 4. The van der Waals surface area contributed by atoms with Crippen LogP contribution < -0.4 is 0 Å². The molecule has 0 saturated heterocycles. The molecule has 0 atom stereocenters. The lowest BCUT2D eigenvalue weighted by Crippen LogP contribution is -2.04. The molecule has 0 N–H and O–H groups in total. The summed E-state index contributed by atoms with van der Waals surface area (Å²) in [5.41, 5.74) is 10.7. The van der Waals surface area contributed by atoms with Crippen molar-refractivity contribution in [2.24, 2.45) is 0 Å². The van der Waals surface area contributed by atoms with Crippen LogP contribution in [0.25, 0.3) is 72.8 Å². The van der Waals surface area contributed by atoms with Crippen LogP contribution in [-0.2, 0) is 0 Å². The Morgan fingerprint density at radius 1 is 0.444 bits per heavy atom. The van der Waals surface area contributed by atoms with Gasteiger partial charge in [-0.15, -0.1) is 0 Å². The molecule has 0 fully saturated rings. The molecule has 8 rings (SSSR count). The molecule has 0 saturated carbocycles. The van der Waals surface area contributed by atoms with Crippen LogP contribution in [0.5, 0.6) is 0 Å². The molecule has 45 heavy (non-hydrogen) atoms. The number of hydrogen-bond donors (Lipinski definition) is 0. The summed E-state index contributed by atoms with van der Waals surface area (Å²) in [6, 6.07) is 44.2. The first kappa shape index (κ1) is 26.7. The average molecular weight is 580 g/mol. The van der Waals surface area contributed by atoms with Gasteiger partial charge in [0, 0.05) is 39.9 Å². The smallest absolute Gasteiger partial charge is 0.166 e. The van der Waals surface area contributed by atoms with Gasteiger partial charge < -0.3 is 4.57 Å². The van der Waals surface area contributed by atoms with Gasteiger partial charge in [0.25, 0.3) is 0 Å². The lowest BCUT2D eigenvalue weighted by atomic mass is 10.0. The maximum atomic E-state index is 5.15. The van der Waals surface area contributed by atoms with Crippen molar-refractivity contribution in [3.8, 4) is 51.0 Å². The molecule has 5 heteroatoms. The zero-order valence-electron chi connectivity index (χ0n) is 25.0. The van der Waals surface area contributed by atoms with E-state index in [9.17, 15) is 0 Å². The predicted molar refractivity (Wildman–Crippen MR) is 183 cm³/mol. The Hall–Kier alpha value is -5.94. The molecule has 214 valence electrons. The number of pyridine rings is 1. The van der Waals surface area contributed by atoms with Crippen molar-refractivity contribution < 1.29 is 0 Å². The van der Waals surface area contributed by atoms with Gasteiger partial charge >= 0.3 is 0 Å². The van der Waals surface area contributed by atoms with Crippen LogP contribution >= 0.6 is 0 Å². The zero-order valence-corrected chi connectivity index (χ0v) is 25.0. The molecular formula is C40H29N5. The molecule has 0 radical (unpaired) electrons. The van der Waals surface area contributed by atoms with Gasteiger partial charge in [-0.2, -0.15) is 0 Å². The molecule has 0 aliphatic rings. The van der Waals surface area contributed by atoms with Gasteiger partial charge in [-0.25, -0.2) is 15.0 Å². The van der Waals surface area contributed by atoms with Gasteiger partial charge in [-0.3, -0.25) is 4.98 Å². The Kier molecular flexibility index (Phi) is 6.50. The first-order valence-electron chi connectivity index (χ1n) is 15.1. The molecule has 0 amide bonds. The van der Waals surface area contributed by atoms with Crippen molar-refractivity contribution in [3.63, 3.8) is 0 Å². The van der Waals surface area contributed by atoms with Crippen molar-refractivity contribution in [1.82, 2.24) is 24.5 Å². The van der Waals surface area contributed by atoms with Crippen LogP contribution in [0.3, 0.4) is 0 Å². The van der Waals surface area contributed by atoms with E-state index in [2.05, 4.69) is 78.0 Å². The molecule has 5 nitrogen and oxygen atoms in total. The molecule has 0 aliphatic carbocycles. The molecule has 8 aromatic rings. The van der Waals surface area contributed by atoms with E-state index in [1.807, 2.05) is 85.2 Å². The van der Waals surface area contributed by atoms with E-state index in [4.69, 9.17) is 15.0 Å². The van der Waals surface area contributed by atoms with E-state index in [0.717, 1.165) is 44.5 Å². The molecule has 0 unspecified atom stereocenters. The maximum Gasteiger partial charge on any atom is 0.166 e. The summed E-state index contributed by atoms with van der Waals surface area (Å²) in [6.45, 7) is 4.29. The SMILES string of the molecule is Cc1ccc2c(c1)c1cc(C)ccc1n2-c1ccc(-c2ccncc2)cc1-c1nc(-c2ccccc2)nc(-c2ccccc2)n1. The highest BCUT2D eigenvalue weighted by Crippen LogP contribution is 2.38. The van der Waals surface area contributed by atoms with Gasteiger partial charge in [0.2, 0.25) is 0 Å². The van der Waals surface area contributed by atoms with Crippen LogP contribution in [-0.4, -0.2) is 24.5 Å². The summed E-state index contributed by atoms with van der Waals surface area (Å²) in [4.78, 5) is 19.5. The highest BCUT2D eigenvalue weighted by molar-refractivity contribution is 6.10. The Labute approximate surface area is 261 Å². The second kappa shape index (κ2) is 11.0. The van der Waals surface area contributed by atoms with Gasteiger partial charge in [0.15, 0.2) is 17.5 Å². The van der Waals surface area contributed by atoms with E-state index in [-0.39, 0.29) is 0 Å². The van der Waals surface area contributed by atoms with E-state index < -0.39 is 0 Å². The Morgan fingerprint density at radius 2 is 0.978 bits per heavy atom. The molecule has 0 bridgehead atoms. The van der Waals surface area contributed by atoms with Gasteiger partial charge in [0.1, 0.15) is 0 Å². The molecule has 5 aromatic carbocycles. The second-order valence-electron chi connectivity index (χ2n) is 11.4. The first-order valence-corrected chi connectivity index (χ1v) is 15.1. The summed E-state index contributed by atoms with van der Waals surface area (Å²) in [6.07, 6.45) is 3.65. The molecular weight excluding hydrogens is 550 g/mol. The van der Waals surface area contributed by atoms with Crippen molar-refractivity contribution in [1.29, 1.82) is 0 Å². The quantitative estimate of drug-likeness (QED) is 0.204. The van der Waals surface area contributed by atoms with Crippen LogP contribution in [0.15, 0.2) is 140 Å². The van der Waals surface area contributed by atoms with Crippen molar-refractivity contribution in [2.75, 3.05) is 0 Å². The van der Waals surface area contributed by atoms with Gasteiger partial charge in [0.05, 0.1) is 16.7 Å². The van der Waals surface area contributed by atoms with Crippen molar-refractivity contribution in [3.05, 3.63) is 151 Å². The fourth-order valence-corrected chi connectivity index (χ4v) is 6.07. The summed E-state index contributed by atoms with van der Waals surface area (Å²) in [5.74, 6) is 1.88.